The molecule has 4 aromatic rings. The summed E-state index contributed by atoms with van der Waals surface area (Å²) in [6.45, 7) is 4.28. The first-order chi connectivity index (χ1) is 15.2. The summed E-state index contributed by atoms with van der Waals surface area (Å²) in [5.41, 5.74) is 5.37. The smallest absolute Gasteiger partial charge is 0.265 e. The number of fused-ring (bicyclic) bond motifs is 1. The number of aromatic amines is 1. The first-order valence-corrected chi connectivity index (χ1v) is 11.7. The van der Waals surface area contributed by atoms with Gasteiger partial charge in [-0.25, -0.2) is 0 Å². The summed E-state index contributed by atoms with van der Waals surface area (Å²) in [5, 5.41) is 6.12. The number of likely N-dealkylation sites (tertiary alicyclic amines) is 1. The molecule has 1 fully saturated rings. The van der Waals surface area contributed by atoms with Crippen LogP contribution in [-0.4, -0.2) is 33.9 Å². The van der Waals surface area contributed by atoms with E-state index >= 15 is 0 Å². The molecule has 1 saturated heterocycles. The van der Waals surface area contributed by atoms with Crippen molar-refractivity contribution in [3.8, 4) is 0 Å². The number of H-pyrrole nitrogens is 1. The molecule has 3 aromatic heterocycles. The second-order valence-electron chi connectivity index (χ2n) is 8.11. The van der Waals surface area contributed by atoms with Crippen LogP contribution < -0.4 is 5.32 Å². The Bertz CT molecular complexity index is 1180. The number of pyridine rings is 1. The van der Waals surface area contributed by atoms with Crippen LogP contribution >= 0.6 is 11.3 Å². The van der Waals surface area contributed by atoms with Gasteiger partial charge in [-0.2, -0.15) is 0 Å². The lowest BCUT2D eigenvalue weighted by atomic mass is 9.95. The van der Waals surface area contributed by atoms with Gasteiger partial charge in [0.1, 0.15) is 0 Å². The number of nitrogens with one attached hydrogen (secondary N) is 2. The third-order valence-corrected chi connectivity index (χ3v) is 6.90. The molecule has 0 saturated carbocycles. The number of aromatic nitrogens is 2. The Kier molecular flexibility index (Phi) is 5.57. The third kappa shape index (κ3) is 4.01. The van der Waals surface area contributed by atoms with Crippen LogP contribution in [0.4, 0.5) is 5.69 Å². The van der Waals surface area contributed by atoms with Crippen molar-refractivity contribution < 1.29 is 4.79 Å². The van der Waals surface area contributed by atoms with E-state index in [4.69, 9.17) is 4.98 Å². The Morgan fingerprint density at radius 2 is 2.00 bits per heavy atom. The van der Waals surface area contributed by atoms with E-state index in [9.17, 15) is 4.79 Å². The average molecular weight is 431 g/mol. The van der Waals surface area contributed by atoms with Gasteiger partial charge in [-0.15, -0.1) is 11.3 Å². The Balaban J connectivity index is 1.58. The molecule has 158 valence electrons. The highest BCUT2D eigenvalue weighted by molar-refractivity contribution is 7.12. The van der Waals surface area contributed by atoms with E-state index in [0.717, 1.165) is 41.1 Å². The van der Waals surface area contributed by atoms with E-state index < -0.39 is 0 Å². The van der Waals surface area contributed by atoms with Crippen molar-refractivity contribution in [3.05, 3.63) is 81.9 Å². The molecule has 0 spiro atoms. The minimum Gasteiger partial charge on any atom is -0.358 e. The maximum atomic E-state index is 12.6. The molecule has 1 aliphatic rings. The molecule has 0 aliphatic carbocycles. The molecule has 1 aliphatic heterocycles. The first-order valence-electron chi connectivity index (χ1n) is 10.8. The molecule has 1 atom stereocenters. The van der Waals surface area contributed by atoms with E-state index in [1.54, 1.807) is 0 Å². The zero-order valence-corrected chi connectivity index (χ0v) is 18.4. The monoisotopic (exact) mass is 430 g/mol. The van der Waals surface area contributed by atoms with Gasteiger partial charge in [0, 0.05) is 34.0 Å². The van der Waals surface area contributed by atoms with Gasteiger partial charge in [-0.05, 0) is 74.6 Å². The van der Waals surface area contributed by atoms with Crippen molar-refractivity contribution in [3.63, 3.8) is 0 Å². The van der Waals surface area contributed by atoms with Crippen LogP contribution in [-0.2, 0) is 0 Å². The number of nitrogens with zero attached hydrogens (tertiary/aromatic N) is 2. The zero-order valence-electron chi connectivity index (χ0n) is 17.6. The topological polar surface area (TPSA) is 61.0 Å². The Morgan fingerprint density at radius 1 is 1.13 bits per heavy atom. The molecule has 4 heterocycles. The van der Waals surface area contributed by atoms with Crippen LogP contribution in [0, 0.1) is 6.92 Å². The van der Waals surface area contributed by atoms with Crippen LogP contribution in [0.2, 0.25) is 0 Å². The molecule has 6 heteroatoms. The summed E-state index contributed by atoms with van der Waals surface area (Å²) in [6, 6.07) is 16.1. The molecule has 1 aromatic carbocycles. The Morgan fingerprint density at radius 3 is 2.74 bits per heavy atom. The maximum absolute atomic E-state index is 12.6. The van der Waals surface area contributed by atoms with Gasteiger partial charge in [0.2, 0.25) is 0 Å². The number of aryl methyl sites for hydroxylation is 1. The van der Waals surface area contributed by atoms with Crippen molar-refractivity contribution in [2.75, 3.05) is 18.4 Å². The van der Waals surface area contributed by atoms with Gasteiger partial charge in [0.05, 0.1) is 16.6 Å². The number of carbonyl (C=O) groups excluding carboxylic acids is 1. The van der Waals surface area contributed by atoms with E-state index in [0.29, 0.717) is 4.88 Å². The van der Waals surface area contributed by atoms with E-state index in [2.05, 4.69) is 46.4 Å². The van der Waals surface area contributed by atoms with Gasteiger partial charge in [0.15, 0.2) is 0 Å². The van der Waals surface area contributed by atoms with Crippen LogP contribution in [0.15, 0.2) is 60.1 Å². The van der Waals surface area contributed by atoms with Crippen LogP contribution in [0.3, 0.4) is 0 Å². The number of carbonyl (C=O) groups is 1. The summed E-state index contributed by atoms with van der Waals surface area (Å²) >= 11 is 1.45. The quantitative estimate of drug-likeness (QED) is 0.423. The van der Waals surface area contributed by atoms with E-state index in [-0.39, 0.29) is 11.9 Å². The molecule has 0 bridgehead atoms. The standard InChI is InChI=1S/C25H26N4OS/c1-17-23(24(21-8-3-4-12-26-21)29-13-5-2-6-14-29)19-16-18(10-11-20(19)27-17)28-25(30)22-9-7-15-31-22/h3-4,7-12,15-16,24,27H,2,5-6,13-14H2,1H3,(H,28,30)/t24-/m1/s1. The molecule has 2 N–H and O–H groups in total. The Hall–Kier alpha value is -2.96. The van der Waals surface area contributed by atoms with Crippen LogP contribution in [0.5, 0.6) is 0 Å². The summed E-state index contributed by atoms with van der Waals surface area (Å²) in [6.07, 6.45) is 5.60. The lowest BCUT2D eigenvalue weighted by Gasteiger charge is -2.34. The minimum atomic E-state index is -0.0690. The molecular formula is C25H26N4OS. The van der Waals surface area contributed by atoms with Crippen LogP contribution in [0.1, 0.15) is 51.9 Å². The highest BCUT2D eigenvalue weighted by Gasteiger charge is 2.29. The van der Waals surface area contributed by atoms with Gasteiger partial charge < -0.3 is 10.3 Å². The van der Waals surface area contributed by atoms with Crippen molar-refractivity contribution in [2.24, 2.45) is 0 Å². The predicted molar refractivity (Wildman–Crippen MR) is 127 cm³/mol. The van der Waals surface area contributed by atoms with Gasteiger partial charge >= 0.3 is 0 Å². The third-order valence-electron chi connectivity index (χ3n) is 6.04. The highest BCUT2D eigenvalue weighted by Crippen LogP contribution is 2.37. The second kappa shape index (κ2) is 8.65. The normalized spacial score (nSPS) is 15.8. The van der Waals surface area contributed by atoms with Crippen molar-refractivity contribution in [1.82, 2.24) is 14.9 Å². The lowest BCUT2D eigenvalue weighted by Crippen LogP contribution is -2.35. The number of anilines is 1. The molecule has 5 rings (SSSR count). The van der Waals surface area contributed by atoms with E-state index in [1.165, 1.54) is 36.2 Å². The summed E-state index contributed by atoms with van der Waals surface area (Å²) < 4.78 is 0. The molecule has 0 unspecified atom stereocenters. The number of benzene rings is 1. The number of hydrogen-bond acceptors (Lipinski definition) is 4. The summed E-state index contributed by atoms with van der Waals surface area (Å²) in [5.74, 6) is -0.0690. The van der Waals surface area contributed by atoms with Crippen molar-refractivity contribution >= 4 is 33.8 Å². The molecule has 1 amide bonds. The van der Waals surface area contributed by atoms with Gasteiger partial charge in [-0.1, -0.05) is 18.6 Å². The summed E-state index contributed by atoms with van der Waals surface area (Å²) in [4.78, 5) is 24.1. The summed E-state index contributed by atoms with van der Waals surface area (Å²) in [7, 11) is 0. The lowest BCUT2D eigenvalue weighted by molar-refractivity contribution is 0.103. The SMILES string of the molecule is Cc1[nH]c2ccc(NC(=O)c3cccs3)cc2c1[C@@H](c1ccccn1)N1CCCCC1. The Labute approximate surface area is 186 Å². The van der Waals surface area contributed by atoms with Crippen molar-refractivity contribution in [2.45, 2.75) is 32.2 Å². The second-order valence-corrected chi connectivity index (χ2v) is 9.06. The first kappa shape index (κ1) is 20.0. The number of hydrogen-bond donors (Lipinski definition) is 2. The molecule has 0 radical (unpaired) electrons. The van der Waals surface area contributed by atoms with Crippen molar-refractivity contribution in [1.29, 1.82) is 0 Å². The van der Waals surface area contributed by atoms with Gasteiger partial charge in [-0.3, -0.25) is 14.7 Å². The molecular weight excluding hydrogens is 404 g/mol. The number of amides is 1. The number of piperidine rings is 1. The average Bonchev–Trinajstić information content (AvgIpc) is 3.44. The van der Waals surface area contributed by atoms with Crippen LogP contribution in [0.25, 0.3) is 10.9 Å². The maximum Gasteiger partial charge on any atom is 0.265 e. The molecule has 5 nitrogen and oxygen atoms in total. The fourth-order valence-corrected chi connectivity index (χ4v) is 5.23. The highest BCUT2D eigenvalue weighted by atomic mass is 32.1. The van der Waals surface area contributed by atoms with Gasteiger partial charge in [0.25, 0.3) is 5.91 Å². The largest absolute Gasteiger partial charge is 0.358 e. The van der Waals surface area contributed by atoms with E-state index in [1.807, 2.05) is 35.8 Å². The fourth-order valence-electron chi connectivity index (χ4n) is 4.61. The minimum absolute atomic E-state index is 0.0690. The number of thiophene rings is 1. The zero-order chi connectivity index (χ0) is 21.2. The number of rotatable bonds is 5. The predicted octanol–water partition coefficient (Wildman–Crippen LogP) is 5.76. The molecule has 31 heavy (non-hydrogen) atoms. The fraction of sp³-hybridized carbons (Fsp3) is 0.280.